The SMILES string of the molecule is CC[C@@H](C#N)CC(=O)c1ccc(-c2nc(Nc3cnn(C4CCC(O)CC4)c3)ncc2C)cc1. The highest BCUT2D eigenvalue weighted by molar-refractivity contribution is 5.96. The van der Waals surface area contributed by atoms with Crippen molar-refractivity contribution in [3.05, 3.63) is 54.0 Å². The molecule has 176 valence electrons. The molecule has 0 saturated heterocycles. The van der Waals surface area contributed by atoms with Crippen LogP contribution < -0.4 is 5.32 Å². The fourth-order valence-corrected chi connectivity index (χ4v) is 4.29. The maximum atomic E-state index is 12.5. The average Bonchev–Trinajstić information content (AvgIpc) is 3.32. The van der Waals surface area contributed by atoms with Crippen molar-refractivity contribution in [1.29, 1.82) is 5.26 Å². The molecular weight excluding hydrogens is 428 g/mol. The number of rotatable bonds is 8. The number of Topliss-reactive ketones (excluding diaryl/α,β-unsaturated/α-hetero) is 1. The predicted molar refractivity (Wildman–Crippen MR) is 130 cm³/mol. The number of carbonyl (C=O) groups excluding carboxylic acids is 1. The Labute approximate surface area is 199 Å². The predicted octanol–water partition coefficient (Wildman–Crippen LogP) is 4.99. The fourth-order valence-electron chi connectivity index (χ4n) is 4.29. The highest BCUT2D eigenvalue weighted by atomic mass is 16.3. The molecule has 1 aromatic carbocycles. The van der Waals surface area contributed by atoms with Crippen molar-refractivity contribution in [3.63, 3.8) is 0 Å². The van der Waals surface area contributed by atoms with E-state index in [0.29, 0.717) is 24.0 Å². The quantitative estimate of drug-likeness (QED) is 0.457. The van der Waals surface area contributed by atoms with Crippen LogP contribution in [0, 0.1) is 24.2 Å². The van der Waals surface area contributed by atoms with Gasteiger partial charge in [0.05, 0.1) is 41.7 Å². The number of nitrogens with zero attached hydrogens (tertiary/aromatic N) is 5. The normalized spacial score (nSPS) is 18.8. The number of nitrogens with one attached hydrogen (secondary N) is 1. The van der Waals surface area contributed by atoms with Crippen LogP contribution >= 0.6 is 0 Å². The number of aromatic nitrogens is 4. The maximum absolute atomic E-state index is 12.5. The number of hydrogen-bond donors (Lipinski definition) is 2. The van der Waals surface area contributed by atoms with Crippen molar-refractivity contribution in [2.45, 2.75) is 64.5 Å². The van der Waals surface area contributed by atoms with Gasteiger partial charge in [-0.1, -0.05) is 31.2 Å². The minimum atomic E-state index is -0.251. The van der Waals surface area contributed by atoms with Crippen molar-refractivity contribution in [1.82, 2.24) is 19.7 Å². The first kappa shape index (κ1) is 23.6. The smallest absolute Gasteiger partial charge is 0.227 e. The summed E-state index contributed by atoms with van der Waals surface area (Å²) in [5.74, 6) is 0.198. The Morgan fingerprint density at radius 1 is 1.24 bits per heavy atom. The third-order valence-electron chi connectivity index (χ3n) is 6.46. The van der Waals surface area contributed by atoms with E-state index in [2.05, 4.69) is 21.5 Å². The van der Waals surface area contributed by atoms with Crippen LogP contribution in [0.1, 0.15) is 67.4 Å². The zero-order valence-electron chi connectivity index (χ0n) is 19.6. The molecule has 4 rings (SSSR count). The molecule has 2 aromatic heterocycles. The van der Waals surface area contributed by atoms with Gasteiger partial charge in [-0.05, 0) is 44.6 Å². The molecule has 34 heavy (non-hydrogen) atoms. The molecule has 1 aliphatic carbocycles. The molecule has 0 amide bonds. The van der Waals surface area contributed by atoms with Gasteiger partial charge in [-0.15, -0.1) is 0 Å². The van der Waals surface area contributed by atoms with Gasteiger partial charge >= 0.3 is 0 Å². The molecule has 1 saturated carbocycles. The summed E-state index contributed by atoms with van der Waals surface area (Å²) in [4.78, 5) is 21.6. The van der Waals surface area contributed by atoms with Gasteiger partial charge in [0.25, 0.3) is 0 Å². The average molecular weight is 459 g/mol. The summed E-state index contributed by atoms with van der Waals surface area (Å²) in [5, 5.41) is 26.6. The van der Waals surface area contributed by atoms with E-state index in [9.17, 15) is 9.90 Å². The summed E-state index contributed by atoms with van der Waals surface area (Å²) >= 11 is 0. The standard InChI is InChI=1S/C26H30N6O2/c1-3-18(13-27)12-24(34)19-4-6-20(7-5-19)25-17(2)14-28-26(31-25)30-21-15-29-32(16-21)22-8-10-23(33)11-9-22/h4-7,14-16,18,22-23,33H,3,8-12H2,1-2H3,(H,28,30,31)/t18-,22?,23?/m1/s1. The van der Waals surface area contributed by atoms with E-state index < -0.39 is 0 Å². The van der Waals surface area contributed by atoms with Crippen LogP contribution in [0.4, 0.5) is 11.6 Å². The van der Waals surface area contributed by atoms with Gasteiger partial charge in [0.2, 0.25) is 5.95 Å². The highest BCUT2D eigenvalue weighted by Crippen LogP contribution is 2.29. The number of benzene rings is 1. The summed E-state index contributed by atoms with van der Waals surface area (Å²) in [6.45, 7) is 3.87. The minimum Gasteiger partial charge on any atom is -0.393 e. The van der Waals surface area contributed by atoms with Crippen molar-refractivity contribution in [3.8, 4) is 17.3 Å². The molecule has 0 unspecified atom stereocenters. The summed E-state index contributed by atoms with van der Waals surface area (Å²) in [6, 6.07) is 9.84. The van der Waals surface area contributed by atoms with Crippen LogP contribution in [0.5, 0.6) is 0 Å². The number of aliphatic hydroxyl groups is 1. The second-order valence-corrected chi connectivity index (χ2v) is 8.96. The molecular formula is C26H30N6O2. The van der Waals surface area contributed by atoms with Crippen LogP contribution in [0.25, 0.3) is 11.3 Å². The van der Waals surface area contributed by atoms with Gasteiger partial charge in [-0.2, -0.15) is 10.4 Å². The summed E-state index contributed by atoms with van der Waals surface area (Å²) in [6.07, 6.45) is 9.65. The molecule has 1 atom stereocenters. The lowest BCUT2D eigenvalue weighted by molar-refractivity contribution is 0.0969. The van der Waals surface area contributed by atoms with E-state index in [1.807, 2.05) is 36.9 Å². The van der Waals surface area contributed by atoms with Gasteiger partial charge in [-0.25, -0.2) is 9.97 Å². The second kappa shape index (κ2) is 10.6. The Morgan fingerprint density at radius 2 is 1.97 bits per heavy atom. The van der Waals surface area contributed by atoms with E-state index in [-0.39, 0.29) is 24.2 Å². The number of ketones is 1. The van der Waals surface area contributed by atoms with Crippen molar-refractivity contribution in [2.24, 2.45) is 5.92 Å². The van der Waals surface area contributed by atoms with Crippen molar-refractivity contribution < 1.29 is 9.90 Å². The Bertz CT molecular complexity index is 1170. The molecule has 1 fully saturated rings. The fraction of sp³-hybridized carbons (Fsp3) is 0.423. The lowest BCUT2D eigenvalue weighted by Gasteiger charge is -2.25. The summed E-state index contributed by atoms with van der Waals surface area (Å²) < 4.78 is 1.95. The Hall–Kier alpha value is -3.57. The van der Waals surface area contributed by atoms with Crippen LogP contribution in [0.15, 0.2) is 42.9 Å². The molecule has 8 nitrogen and oxygen atoms in total. The lowest BCUT2D eigenvalue weighted by atomic mass is 9.93. The van der Waals surface area contributed by atoms with Gasteiger partial charge in [0.1, 0.15) is 0 Å². The van der Waals surface area contributed by atoms with Crippen LogP contribution in [-0.4, -0.2) is 36.7 Å². The van der Waals surface area contributed by atoms with Crippen molar-refractivity contribution >= 4 is 17.4 Å². The Kier molecular flexibility index (Phi) is 7.33. The molecule has 3 aromatic rings. The molecule has 8 heteroatoms. The number of aryl methyl sites for hydroxylation is 1. The first-order valence-electron chi connectivity index (χ1n) is 11.8. The maximum Gasteiger partial charge on any atom is 0.227 e. The summed E-state index contributed by atoms with van der Waals surface area (Å²) in [5.41, 5.74) is 4.02. The second-order valence-electron chi connectivity index (χ2n) is 8.96. The molecule has 0 spiro atoms. The molecule has 1 aliphatic rings. The highest BCUT2D eigenvalue weighted by Gasteiger charge is 2.21. The molecule has 0 bridgehead atoms. The third-order valence-corrected chi connectivity index (χ3v) is 6.46. The van der Waals surface area contributed by atoms with Crippen LogP contribution in [0.2, 0.25) is 0 Å². The van der Waals surface area contributed by atoms with Gasteiger partial charge < -0.3 is 10.4 Å². The lowest BCUT2D eigenvalue weighted by Crippen LogP contribution is -2.21. The number of aliphatic hydroxyl groups excluding tert-OH is 1. The first-order chi connectivity index (χ1) is 16.5. The largest absolute Gasteiger partial charge is 0.393 e. The minimum absolute atomic E-state index is 0.0220. The van der Waals surface area contributed by atoms with Gasteiger partial charge in [-0.3, -0.25) is 9.48 Å². The number of anilines is 2. The number of carbonyl (C=O) groups is 1. The van der Waals surface area contributed by atoms with E-state index in [1.165, 1.54) is 0 Å². The molecule has 2 heterocycles. The van der Waals surface area contributed by atoms with Crippen molar-refractivity contribution in [2.75, 3.05) is 5.32 Å². The molecule has 0 aliphatic heterocycles. The monoisotopic (exact) mass is 458 g/mol. The Balaban J connectivity index is 1.46. The van der Waals surface area contributed by atoms with E-state index in [4.69, 9.17) is 10.2 Å². The van der Waals surface area contributed by atoms with E-state index >= 15 is 0 Å². The summed E-state index contributed by atoms with van der Waals surface area (Å²) in [7, 11) is 0. The molecule has 0 radical (unpaired) electrons. The zero-order chi connectivity index (χ0) is 24.1. The van der Waals surface area contributed by atoms with E-state index in [1.54, 1.807) is 24.5 Å². The van der Waals surface area contributed by atoms with Crippen LogP contribution in [0.3, 0.4) is 0 Å². The zero-order valence-corrected chi connectivity index (χ0v) is 19.6. The number of hydrogen-bond acceptors (Lipinski definition) is 7. The van der Waals surface area contributed by atoms with Gasteiger partial charge in [0, 0.05) is 29.9 Å². The van der Waals surface area contributed by atoms with Crippen LogP contribution in [-0.2, 0) is 0 Å². The number of nitriles is 1. The van der Waals surface area contributed by atoms with Gasteiger partial charge in [0.15, 0.2) is 5.78 Å². The third kappa shape index (κ3) is 5.49. The Morgan fingerprint density at radius 3 is 2.65 bits per heavy atom. The first-order valence-corrected chi connectivity index (χ1v) is 11.8. The van der Waals surface area contributed by atoms with E-state index in [0.717, 1.165) is 48.2 Å². The topological polar surface area (TPSA) is 117 Å². The molecule has 2 N–H and O–H groups in total.